The van der Waals surface area contributed by atoms with Crippen LogP contribution in [0.15, 0.2) is 58.4 Å². The number of hydrogen-bond acceptors (Lipinski definition) is 4. The Morgan fingerprint density at radius 1 is 1.03 bits per heavy atom. The molecule has 1 aliphatic rings. The summed E-state index contributed by atoms with van der Waals surface area (Å²) < 4.78 is 36.3. The Hall–Kier alpha value is -2.61. The second-order valence-corrected chi connectivity index (χ2v) is 9.05. The third kappa shape index (κ3) is 5.69. The van der Waals surface area contributed by atoms with Crippen molar-refractivity contribution in [3.8, 4) is 0 Å². The summed E-state index contributed by atoms with van der Waals surface area (Å²) in [6, 6.07) is 13.4. The highest BCUT2D eigenvalue weighted by Gasteiger charge is 2.20. The van der Waals surface area contributed by atoms with Crippen LogP contribution in [0.5, 0.6) is 0 Å². The minimum Gasteiger partial charge on any atom is -0.368 e. The second-order valence-electron chi connectivity index (χ2n) is 7.04. The van der Waals surface area contributed by atoms with Crippen LogP contribution in [0, 0.1) is 5.82 Å². The van der Waals surface area contributed by atoms with Gasteiger partial charge in [0, 0.05) is 44.7 Å². The first-order valence-electron chi connectivity index (χ1n) is 9.69. The van der Waals surface area contributed by atoms with Gasteiger partial charge >= 0.3 is 0 Å². The van der Waals surface area contributed by atoms with E-state index in [0.29, 0.717) is 11.4 Å². The van der Waals surface area contributed by atoms with Gasteiger partial charge in [0.15, 0.2) is 15.8 Å². The van der Waals surface area contributed by atoms with E-state index in [-0.39, 0.29) is 5.82 Å². The minimum absolute atomic E-state index is 0.224. The van der Waals surface area contributed by atoms with Crippen LogP contribution in [-0.2, 0) is 16.4 Å². The zero-order valence-electron chi connectivity index (χ0n) is 16.8. The second kappa shape index (κ2) is 9.26. The number of nitrogens with zero attached hydrogens (tertiary/aromatic N) is 3. The van der Waals surface area contributed by atoms with Crippen molar-refractivity contribution in [2.24, 2.45) is 4.99 Å². The number of aliphatic imine (C=N–C) groups is 1. The number of anilines is 1. The summed E-state index contributed by atoms with van der Waals surface area (Å²) >= 11 is 0. The van der Waals surface area contributed by atoms with Gasteiger partial charge in [0.2, 0.25) is 0 Å². The Bertz CT molecular complexity index is 936. The lowest BCUT2D eigenvalue weighted by Gasteiger charge is -2.37. The highest BCUT2D eigenvalue weighted by atomic mass is 32.2. The Morgan fingerprint density at radius 3 is 2.21 bits per heavy atom. The summed E-state index contributed by atoms with van der Waals surface area (Å²) in [5, 5.41) is 3.33. The van der Waals surface area contributed by atoms with Crippen molar-refractivity contribution >= 4 is 21.5 Å². The Morgan fingerprint density at radius 2 is 1.66 bits per heavy atom. The Balaban J connectivity index is 1.63. The quantitative estimate of drug-likeness (QED) is 0.597. The summed E-state index contributed by atoms with van der Waals surface area (Å²) in [7, 11) is -3.19. The maximum Gasteiger partial charge on any atom is 0.194 e. The largest absolute Gasteiger partial charge is 0.368 e. The normalized spacial score (nSPS) is 15.5. The molecule has 1 aliphatic heterocycles. The number of halogens is 1. The molecule has 0 radical (unpaired) electrons. The first-order chi connectivity index (χ1) is 13.9. The zero-order chi connectivity index (χ0) is 20.9. The number of piperazine rings is 1. The van der Waals surface area contributed by atoms with Crippen molar-refractivity contribution in [3.63, 3.8) is 0 Å². The summed E-state index contributed by atoms with van der Waals surface area (Å²) in [5.74, 6) is 0.622. The maximum atomic E-state index is 13.1. The summed E-state index contributed by atoms with van der Waals surface area (Å²) in [6.45, 7) is 6.57. The Kier molecular flexibility index (Phi) is 6.74. The van der Waals surface area contributed by atoms with Crippen LogP contribution in [0.4, 0.5) is 10.1 Å². The molecule has 1 saturated heterocycles. The average molecular weight is 419 g/mol. The van der Waals surface area contributed by atoms with Gasteiger partial charge < -0.3 is 15.1 Å². The van der Waals surface area contributed by atoms with Gasteiger partial charge in [-0.2, -0.15) is 0 Å². The van der Waals surface area contributed by atoms with Crippen LogP contribution >= 0.6 is 0 Å². The highest BCUT2D eigenvalue weighted by Crippen LogP contribution is 2.17. The van der Waals surface area contributed by atoms with Crippen molar-refractivity contribution in [1.29, 1.82) is 0 Å². The summed E-state index contributed by atoms with van der Waals surface area (Å²) in [5.41, 5.74) is 1.98. The van der Waals surface area contributed by atoms with Gasteiger partial charge in [-0.25, -0.2) is 17.8 Å². The molecule has 3 rings (SSSR count). The standard InChI is InChI=1S/C21H27FN4O2S/c1-3-23-21(24-16-17-4-10-20(11-5-17)29(2,27)28)26-14-12-25(13-15-26)19-8-6-18(22)7-9-19/h4-11H,3,12-16H2,1-2H3,(H,23,24). The van der Waals surface area contributed by atoms with Gasteiger partial charge in [-0.15, -0.1) is 0 Å². The van der Waals surface area contributed by atoms with Crippen LogP contribution in [0.2, 0.25) is 0 Å². The topological polar surface area (TPSA) is 65.0 Å². The molecular weight excluding hydrogens is 391 g/mol. The third-order valence-corrected chi connectivity index (χ3v) is 6.00. The van der Waals surface area contributed by atoms with Crippen LogP contribution < -0.4 is 10.2 Å². The molecule has 156 valence electrons. The summed E-state index contributed by atoms with van der Waals surface area (Å²) in [4.78, 5) is 9.49. The van der Waals surface area contributed by atoms with Gasteiger partial charge in [0.1, 0.15) is 5.82 Å². The number of sulfone groups is 1. The van der Waals surface area contributed by atoms with E-state index in [1.165, 1.54) is 18.4 Å². The molecule has 0 aliphatic carbocycles. The molecule has 0 atom stereocenters. The van der Waals surface area contributed by atoms with Gasteiger partial charge in [0.25, 0.3) is 0 Å². The van der Waals surface area contributed by atoms with E-state index < -0.39 is 9.84 Å². The Labute approximate surface area is 172 Å². The number of guanidine groups is 1. The van der Waals surface area contributed by atoms with Crippen molar-refractivity contribution < 1.29 is 12.8 Å². The monoisotopic (exact) mass is 418 g/mol. The van der Waals surface area contributed by atoms with Crippen molar-refractivity contribution in [2.45, 2.75) is 18.4 Å². The van der Waals surface area contributed by atoms with Crippen molar-refractivity contribution in [1.82, 2.24) is 10.2 Å². The predicted molar refractivity (Wildman–Crippen MR) is 115 cm³/mol. The zero-order valence-corrected chi connectivity index (χ0v) is 17.6. The van der Waals surface area contributed by atoms with E-state index in [9.17, 15) is 12.8 Å². The fourth-order valence-electron chi connectivity index (χ4n) is 3.26. The fourth-order valence-corrected chi connectivity index (χ4v) is 3.89. The molecule has 2 aromatic carbocycles. The van der Waals surface area contributed by atoms with Crippen LogP contribution in [-0.4, -0.2) is 58.3 Å². The lowest BCUT2D eigenvalue weighted by atomic mass is 10.2. The van der Waals surface area contributed by atoms with Gasteiger partial charge in [-0.1, -0.05) is 12.1 Å². The van der Waals surface area contributed by atoms with Crippen molar-refractivity contribution in [3.05, 3.63) is 59.9 Å². The molecule has 1 heterocycles. The molecule has 2 aromatic rings. The van der Waals surface area contributed by atoms with E-state index in [1.54, 1.807) is 24.3 Å². The lowest BCUT2D eigenvalue weighted by Crippen LogP contribution is -2.52. The molecule has 8 heteroatoms. The van der Waals surface area contributed by atoms with Crippen LogP contribution in [0.3, 0.4) is 0 Å². The molecule has 0 saturated carbocycles. The van der Waals surface area contributed by atoms with Gasteiger partial charge in [-0.05, 0) is 48.9 Å². The minimum atomic E-state index is -3.19. The average Bonchev–Trinajstić information content (AvgIpc) is 2.71. The molecule has 6 nitrogen and oxygen atoms in total. The summed E-state index contributed by atoms with van der Waals surface area (Å²) in [6.07, 6.45) is 1.20. The van der Waals surface area contributed by atoms with Crippen LogP contribution in [0.25, 0.3) is 0 Å². The highest BCUT2D eigenvalue weighted by molar-refractivity contribution is 7.90. The predicted octanol–water partition coefficient (Wildman–Crippen LogP) is 2.52. The maximum absolute atomic E-state index is 13.1. The van der Waals surface area contributed by atoms with E-state index in [1.807, 2.05) is 19.1 Å². The van der Waals surface area contributed by atoms with E-state index >= 15 is 0 Å². The van der Waals surface area contributed by atoms with E-state index in [4.69, 9.17) is 4.99 Å². The lowest BCUT2D eigenvalue weighted by molar-refractivity contribution is 0.372. The number of nitrogens with one attached hydrogen (secondary N) is 1. The molecule has 0 spiro atoms. The van der Waals surface area contributed by atoms with Gasteiger partial charge in [0.05, 0.1) is 11.4 Å². The van der Waals surface area contributed by atoms with Gasteiger partial charge in [-0.3, -0.25) is 0 Å². The molecular formula is C21H27FN4O2S. The molecule has 0 unspecified atom stereocenters. The number of benzene rings is 2. The third-order valence-electron chi connectivity index (χ3n) is 4.87. The van der Waals surface area contributed by atoms with Crippen LogP contribution in [0.1, 0.15) is 12.5 Å². The first kappa shape index (κ1) is 21.1. The molecule has 0 aromatic heterocycles. The SMILES string of the molecule is CCNC(=NCc1ccc(S(C)(=O)=O)cc1)N1CCN(c2ccc(F)cc2)CC1. The fraction of sp³-hybridized carbons (Fsp3) is 0.381. The molecule has 29 heavy (non-hydrogen) atoms. The molecule has 0 amide bonds. The van der Waals surface area contributed by atoms with E-state index in [2.05, 4.69) is 15.1 Å². The first-order valence-corrected chi connectivity index (χ1v) is 11.6. The number of hydrogen-bond donors (Lipinski definition) is 1. The number of rotatable bonds is 5. The smallest absolute Gasteiger partial charge is 0.194 e. The van der Waals surface area contributed by atoms with E-state index in [0.717, 1.165) is 49.9 Å². The molecule has 1 N–H and O–H groups in total. The molecule has 0 bridgehead atoms. The van der Waals surface area contributed by atoms with Crippen molar-refractivity contribution in [2.75, 3.05) is 43.9 Å². The molecule has 1 fully saturated rings.